The number of nitrogens with zero attached hydrogens (tertiary/aromatic N) is 4. The summed E-state index contributed by atoms with van der Waals surface area (Å²) in [7, 11) is 0. The number of ether oxygens (including phenoxy) is 1. The Hall–Kier alpha value is -2.18. The van der Waals surface area contributed by atoms with E-state index in [1.165, 1.54) is 36.8 Å². The molecule has 3 heterocycles. The van der Waals surface area contributed by atoms with Gasteiger partial charge in [-0.25, -0.2) is 0 Å². The number of rotatable bonds is 7. The van der Waals surface area contributed by atoms with E-state index in [0.717, 1.165) is 45.6 Å². The average molecular weight is 423 g/mol. The lowest BCUT2D eigenvalue weighted by molar-refractivity contribution is -0.134. The third kappa shape index (κ3) is 5.01. The van der Waals surface area contributed by atoms with Gasteiger partial charge in [-0.1, -0.05) is 24.3 Å². The summed E-state index contributed by atoms with van der Waals surface area (Å²) in [6.07, 6.45) is 10.7. The largest absolute Gasteiger partial charge is 0.376 e. The fourth-order valence-electron chi connectivity index (χ4n) is 5.55. The highest BCUT2D eigenvalue weighted by Gasteiger charge is 2.31. The van der Waals surface area contributed by atoms with Crippen molar-refractivity contribution in [1.29, 1.82) is 0 Å². The molecular weight excluding hydrogens is 388 g/mol. The molecule has 0 N–H and O–H groups in total. The molecule has 0 unspecified atom stereocenters. The molecule has 2 saturated heterocycles. The minimum Gasteiger partial charge on any atom is -0.376 e. The van der Waals surface area contributed by atoms with Gasteiger partial charge in [-0.15, -0.1) is 0 Å². The van der Waals surface area contributed by atoms with E-state index < -0.39 is 0 Å². The number of benzene rings is 1. The van der Waals surface area contributed by atoms with Crippen molar-refractivity contribution in [2.24, 2.45) is 5.92 Å². The number of fused-ring (bicyclic) bond motifs is 1. The maximum atomic E-state index is 13.1. The van der Waals surface area contributed by atoms with Gasteiger partial charge in [0.2, 0.25) is 5.91 Å². The predicted molar refractivity (Wildman–Crippen MR) is 120 cm³/mol. The zero-order valence-corrected chi connectivity index (χ0v) is 18.4. The van der Waals surface area contributed by atoms with Crippen molar-refractivity contribution < 1.29 is 9.53 Å². The minimum atomic E-state index is 0.160. The maximum absolute atomic E-state index is 13.1. The van der Waals surface area contributed by atoms with Crippen molar-refractivity contribution in [1.82, 2.24) is 19.6 Å². The standard InChI is InChI=1S/C25H34N4O2/c30-25(19-29-11-4-10-26-29)28(18-24-7-3-14-31-24)17-20-8-12-27(13-9-20)23-15-21-5-1-2-6-22(21)16-23/h1-2,4-6,10-11,20,23-24H,3,7-9,12-19H2/t24-/m1/s1. The normalized spacial score (nSPS) is 22.6. The molecule has 0 saturated carbocycles. The summed E-state index contributed by atoms with van der Waals surface area (Å²) >= 11 is 0. The van der Waals surface area contributed by atoms with Crippen LogP contribution in [0.4, 0.5) is 0 Å². The third-order valence-corrected chi connectivity index (χ3v) is 7.33. The monoisotopic (exact) mass is 422 g/mol. The molecule has 0 bridgehead atoms. The summed E-state index contributed by atoms with van der Waals surface area (Å²) in [4.78, 5) is 17.8. The molecule has 1 atom stereocenters. The van der Waals surface area contributed by atoms with Crippen LogP contribution in [0.2, 0.25) is 0 Å². The van der Waals surface area contributed by atoms with Crippen LogP contribution in [0, 0.1) is 5.92 Å². The summed E-state index contributed by atoms with van der Waals surface area (Å²) in [5.74, 6) is 0.732. The van der Waals surface area contributed by atoms with Crippen molar-refractivity contribution in [3.63, 3.8) is 0 Å². The molecule has 31 heavy (non-hydrogen) atoms. The highest BCUT2D eigenvalue weighted by Crippen LogP contribution is 2.29. The average Bonchev–Trinajstić information content (AvgIpc) is 3.55. The van der Waals surface area contributed by atoms with Crippen LogP contribution in [0.15, 0.2) is 42.7 Å². The number of carbonyl (C=O) groups is 1. The van der Waals surface area contributed by atoms with E-state index in [9.17, 15) is 4.79 Å². The van der Waals surface area contributed by atoms with Crippen LogP contribution in [0.3, 0.4) is 0 Å². The lowest BCUT2D eigenvalue weighted by Crippen LogP contribution is -2.46. The van der Waals surface area contributed by atoms with E-state index in [1.807, 2.05) is 12.3 Å². The zero-order valence-electron chi connectivity index (χ0n) is 18.4. The smallest absolute Gasteiger partial charge is 0.244 e. The summed E-state index contributed by atoms with van der Waals surface area (Å²) < 4.78 is 7.58. The van der Waals surface area contributed by atoms with Gasteiger partial charge in [0.25, 0.3) is 0 Å². The number of hydrogen-bond donors (Lipinski definition) is 0. The lowest BCUT2D eigenvalue weighted by Gasteiger charge is -2.38. The Labute approximate surface area is 185 Å². The van der Waals surface area contributed by atoms with Gasteiger partial charge in [-0.3, -0.25) is 14.4 Å². The van der Waals surface area contributed by atoms with Crippen LogP contribution in [-0.2, 0) is 28.9 Å². The Bertz CT molecular complexity index is 829. The molecule has 1 aromatic heterocycles. The van der Waals surface area contributed by atoms with Gasteiger partial charge >= 0.3 is 0 Å². The third-order valence-electron chi connectivity index (χ3n) is 7.33. The van der Waals surface area contributed by atoms with Crippen molar-refractivity contribution in [3.05, 3.63) is 53.9 Å². The Balaban J connectivity index is 1.15. The second-order valence-corrected chi connectivity index (χ2v) is 9.45. The van der Waals surface area contributed by atoms with E-state index in [0.29, 0.717) is 18.5 Å². The molecule has 6 heteroatoms. The number of likely N-dealkylation sites (tertiary alicyclic amines) is 1. The molecule has 6 nitrogen and oxygen atoms in total. The summed E-state index contributed by atoms with van der Waals surface area (Å²) in [5.41, 5.74) is 3.06. The molecule has 2 fully saturated rings. The van der Waals surface area contributed by atoms with Gasteiger partial charge in [0.05, 0.1) is 6.10 Å². The molecular formula is C25H34N4O2. The van der Waals surface area contributed by atoms with Gasteiger partial charge in [0.1, 0.15) is 6.54 Å². The number of hydrogen-bond acceptors (Lipinski definition) is 4. The Kier molecular flexibility index (Phi) is 6.37. The minimum absolute atomic E-state index is 0.160. The van der Waals surface area contributed by atoms with Gasteiger partial charge < -0.3 is 9.64 Å². The number of carbonyl (C=O) groups excluding carboxylic acids is 1. The Morgan fingerprint density at radius 1 is 1.06 bits per heavy atom. The molecule has 0 radical (unpaired) electrons. The predicted octanol–water partition coefficient (Wildman–Crippen LogP) is 2.77. The molecule has 5 rings (SSSR count). The first-order chi connectivity index (χ1) is 15.2. The lowest BCUT2D eigenvalue weighted by atomic mass is 9.94. The molecule has 166 valence electrons. The summed E-state index contributed by atoms with van der Waals surface area (Å²) in [6, 6.07) is 11.4. The van der Waals surface area contributed by atoms with E-state index in [4.69, 9.17) is 4.74 Å². The van der Waals surface area contributed by atoms with Crippen LogP contribution in [-0.4, -0.2) is 70.4 Å². The van der Waals surface area contributed by atoms with E-state index >= 15 is 0 Å². The maximum Gasteiger partial charge on any atom is 0.244 e. The Morgan fingerprint density at radius 3 is 2.48 bits per heavy atom. The first-order valence-corrected chi connectivity index (χ1v) is 11.9. The van der Waals surface area contributed by atoms with Crippen molar-refractivity contribution in [2.75, 3.05) is 32.8 Å². The van der Waals surface area contributed by atoms with Crippen LogP contribution in [0.25, 0.3) is 0 Å². The summed E-state index contributed by atoms with van der Waals surface area (Å²) in [6.45, 7) is 5.00. The van der Waals surface area contributed by atoms with E-state index in [2.05, 4.69) is 39.2 Å². The number of piperidine rings is 1. The Morgan fingerprint density at radius 2 is 1.84 bits per heavy atom. The van der Waals surface area contributed by atoms with E-state index in [1.54, 1.807) is 10.9 Å². The number of aromatic nitrogens is 2. The second kappa shape index (κ2) is 9.53. The van der Waals surface area contributed by atoms with Crippen LogP contribution in [0.5, 0.6) is 0 Å². The molecule has 1 aromatic carbocycles. The molecule has 2 aliphatic heterocycles. The zero-order chi connectivity index (χ0) is 21.0. The van der Waals surface area contributed by atoms with Gasteiger partial charge in [0.15, 0.2) is 0 Å². The van der Waals surface area contributed by atoms with Crippen LogP contribution < -0.4 is 0 Å². The van der Waals surface area contributed by atoms with Crippen molar-refractivity contribution >= 4 is 5.91 Å². The highest BCUT2D eigenvalue weighted by molar-refractivity contribution is 5.76. The molecule has 0 spiro atoms. The second-order valence-electron chi connectivity index (χ2n) is 9.45. The fourth-order valence-corrected chi connectivity index (χ4v) is 5.55. The molecule has 3 aliphatic rings. The summed E-state index contributed by atoms with van der Waals surface area (Å²) in [5, 5.41) is 4.22. The van der Waals surface area contributed by atoms with Gasteiger partial charge in [0, 0.05) is 38.1 Å². The molecule has 2 aromatic rings. The molecule has 1 amide bonds. The van der Waals surface area contributed by atoms with Gasteiger partial charge in [-0.05, 0) is 74.7 Å². The van der Waals surface area contributed by atoms with Crippen molar-refractivity contribution in [3.8, 4) is 0 Å². The first-order valence-electron chi connectivity index (χ1n) is 11.9. The van der Waals surface area contributed by atoms with Crippen LogP contribution >= 0.6 is 0 Å². The number of amides is 1. The fraction of sp³-hybridized carbons (Fsp3) is 0.600. The molecule has 1 aliphatic carbocycles. The van der Waals surface area contributed by atoms with E-state index in [-0.39, 0.29) is 12.0 Å². The SMILES string of the molecule is O=C(Cn1cccn1)N(CC1CCN(C2Cc3ccccc3C2)CC1)C[C@H]1CCCO1. The first kappa shape index (κ1) is 20.7. The van der Waals surface area contributed by atoms with Gasteiger partial charge in [-0.2, -0.15) is 5.10 Å². The topological polar surface area (TPSA) is 50.6 Å². The highest BCUT2D eigenvalue weighted by atomic mass is 16.5. The van der Waals surface area contributed by atoms with Crippen molar-refractivity contribution in [2.45, 2.75) is 57.2 Å². The van der Waals surface area contributed by atoms with Crippen LogP contribution in [0.1, 0.15) is 36.8 Å². The quantitative estimate of drug-likeness (QED) is 0.689.